The van der Waals surface area contributed by atoms with Crippen molar-refractivity contribution < 1.29 is 22.7 Å². The van der Waals surface area contributed by atoms with Gasteiger partial charge in [0.1, 0.15) is 5.60 Å². The lowest BCUT2D eigenvalue weighted by Gasteiger charge is -2.28. The number of hydrogen-bond donors (Lipinski definition) is 1. The molecule has 0 aromatic rings. The van der Waals surface area contributed by atoms with Crippen LogP contribution in [-0.4, -0.2) is 41.9 Å². The number of rotatable bonds is 1. The fourth-order valence-corrected chi connectivity index (χ4v) is 1.92. The summed E-state index contributed by atoms with van der Waals surface area (Å²) >= 11 is 0. The second-order valence-corrected chi connectivity index (χ2v) is 5.50. The van der Waals surface area contributed by atoms with Crippen molar-refractivity contribution in [2.75, 3.05) is 13.1 Å². The smallest absolute Gasteiger partial charge is 0.410 e. The zero-order valence-corrected chi connectivity index (χ0v) is 10.8. The number of ether oxygens (including phenoxy) is 1. The quantitative estimate of drug-likeness (QED) is 0.792. The molecule has 0 aromatic carbocycles. The van der Waals surface area contributed by atoms with Crippen LogP contribution in [0.1, 0.15) is 27.2 Å². The van der Waals surface area contributed by atoms with Gasteiger partial charge in [0, 0.05) is 19.1 Å². The summed E-state index contributed by atoms with van der Waals surface area (Å²) in [5.41, 5.74) is 4.68. The third-order valence-corrected chi connectivity index (χ3v) is 2.78. The lowest BCUT2D eigenvalue weighted by Crippen LogP contribution is -2.43. The van der Waals surface area contributed by atoms with Gasteiger partial charge in [-0.1, -0.05) is 0 Å². The highest BCUT2D eigenvalue weighted by molar-refractivity contribution is 5.69. The summed E-state index contributed by atoms with van der Waals surface area (Å²) < 4.78 is 43.0. The van der Waals surface area contributed by atoms with Gasteiger partial charge in [-0.25, -0.2) is 4.79 Å². The van der Waals surface area contributed by atoms with E-state index in [1.165, 1.54) is 0 Å². The number of nitrogens with zero attached hydrogens (tertiary/aromatic N) is 1. The van der Waals surface area contributed by atoms with E-state index in [0.29, 0.717) is 0 Å². The van der Waals surface area contributed by atoms with Crippen LogP contribution in [0.2, 0.25) is 0 Å². The van der Waals surface area contributed by atoms with Crippen molar-refractivity contribution in [1.82, 2.24) is 4.90 Å². The Balaban J connectivity index is 2.73. The van der Waals surface area contributed by atoms with Gasteiger partial charge in [-0.3, -0.25) is 0 Å². The van der Waals surface area contributed by atoms with E-state index in [1.807, 2.05) is 0 Å². The molecule has 0 saturated carbocycles. The van der Waals surface area contributed by atoms with E-state index in [-0.39, 0.29) is 19.5 Å². The highest BCUT2D eigenvalue weighted by Gasteiger charge is 2.49. The van der Waals surface area contributed by atoms with Crippen LogP contribution in [0.15, 0.2) is 0 Å². The maximum atomic E-state index is 12.6. The Morgan fingerprint density at radius 3 is 2.33 bits per heavy atom. The first-order valence-corrected chi connectivity index (χ1v) is 5.81. The number of amides is 1. The molecule has 1 heterocycles. The van der Waals surface area contributed by atoms with E-state index in [9.17, 15) is 18.0 Å². The first-order chi connectivity index (χ1) is 8.04. The summed E-state index contributed by atoms with van der Waals surface area (Å²) in [6.45, 7) is 4.63. The number of carbonyl (C=O) groups excluding carboxylic acids is 1. The highest BCUT2D eigenvalue weighted by Crippen LogP contribution is 2.36. The number of halogens is 3. The minimum Gasteiger partial charge on any atom is -0.444 e. The number of nitrogens with two attached hydrogens (primary N) is 1. The van der Waals surface area contributed by atoms with Gasteiger partial charge in [-0.05, 0) is 27.2 Å². The Kier molecular flexibility index (Phi) is 4.15. The maximum absolute atomic E-state index is 12.6. The van der Waals surface area contributed by atoms with Crippen molar-refractivity contribution >= 4 is 6.09 Å². The summed E-state index contributed by atoms with van der Waals surface area (Å²) in [5, 5.41) is 0. The first-order valence-electron chi connectivity index (χ1n) is 5.81. The molecular formula is C11H19F3N2O2. The Morgan fingerprint density at radius 1 is 1.39 bits per heavy atom. The minimum atomic E-state index is -4.30. The Morgan fingerprint density at radius 2 is 1.94 bits per heavy atom. The molecule has 1 aliphatic rings. The van der Waals surface area contributed by atoms with Crippen LogP contribution in [0.5, 0.6) is 0 Å². The van der Waals surface area contributed by atoms with E-state index in [0.717, 1.165) is 4.90 Å². The largest absolute Gasteiger partial charge is 0.444 e. The van der Waals surface area contributed by atoms with Crippen molar-refractivity contribution in [2.45, 2.75) is 45.0 Å². The van der Waals surface area contributed by atoms with Crippen LogP contribution in [0, 0.1) is 5.92 Å². The summed E-state index contributed by atoms with van der Waals surface area (Å²) in [7, 11) is 0. The number of alkyl halides is 3. The Labute approximate surface area is 104 Å². The number of hydrogen-bond acceptors (Lipinski definition) is 3. The molecule has 7 heteroatoms. The average Bonchev–Trinajstić information content (AvgIpc) is 2.57. The van der Waals surface area contributed by atoms with E-state index >= 15 is 0 Å². The molecular weight excluding hydrogens is 249 g/mol. The predicted octanol–water partition coefficient (Wildman–Crippen LogP) is 2.13. The second kappa shape index (κ2) is 4.95. The monoisotopic (exact) mass is 268 g/mol. The molecule has 1 amide bonds. The number of carbonyl (C=O) groups is 1. The van der Waals surface area contributed by atoms with Crippen LogP contribution >= 0.6 is 0 Å². The van der Waals surface area contributed by atoms with Crippen LogP contribution in [-0.2, 0) is 4.74 Å². The van der Waals surface area contributed by atoms with Gasteiger partial charge in [0.25, 0.3) is 0 Å². The molecule has 4 nitrogen and oxygen atoms in total. The molecule has 0 bridgehead atoms. The number of likely N-dealkylation sites (tertiary alicyclic amines) is 1. The standard InChI is InChI=1S/C11H19F3N2O2/c1-10(2,3)18-9(17)16-6-7(11(12,13)14)4-8(16)5-15/h7-8H,4-6,15H2,1-3H3/t7-,8-/m1/s1. The SMILES string of the molecule is CC(C)(C)OC(=O)N1C[C@H](C(F)(F)F)C[C@@H]1CN. The molecule has 0 aliphatic carbocycles. The molecule has 1 aliphatic heterocycles. The van der Waals surface area contributed by atoms with Crippen molar-refractivity contribution in [3.63, 3.8) is 0 Å². The third kappa shape index (κ3) is 3.76. The normalized spacial score (nSPS) is 25.4. The summed E-state index contributed by atoms with van der Waals surface area (Å²) in [5.74, 6) is -1.52. The highest BCUT2D eigenvalue weighted by atomic mass is 19.4. The van der Waals surface area contributed by atoms with Gasteiger partial charge in [0.15, 0.2) is 0 Å². The van der Waals surface area contributed by atoms with Gasteiger partial charge in [-0.2, -0.15) is 13.2 Å². The molecule has 1 fully saturated rings. The average molecular weight is 268 g/mol. The molecule has 0 spiro atoms. The third-order valence-electron chi connectivity index (χ3n) is 2.78. The van der Waals surface area contributed by atoms with Crippen LogP contribution < -0.4 is 5.73 Å². The zero-order valence-electron chi connectivity index (χ0n) is 10.8. The van der Waals surface area contributed by atoms with Crippen molar-refractivity contribution in [3.05, 3.63) is 0 Å². The molecule has 2 N–H and O–H groups in total. The molecule has 0 unspecified atom stereocenters. The van der Waals surface area contributed by atoms with Crippen molar-refractivity contribution in [1.29, 1.82) is 0 Å². The van der Waals surface area contributed by atoms with Gasteiger partial charge in [-0.15, -0.1) is 0 Å². The fourth-order valence-electron chi connectivity index (χ4n) is 1.92. The van der Waals surface area contributed by atoms with Crippen LogP contribution in [0.3, 0.4) is 0 Å². The van der Waals surface area contributed by atoms with Gasteiger partial charge in [0.2, 0.25) is 0 Å². The maximum Gasteiger partial charge on any atom is 0.410 e. The summed E-state index contributed by atoms with van der Waals surface area (Å²) in [6, 6.07) is -0.605. The predicted molar refractivity (Wildman–Crippen MR) is 59.9 cm³/mol. The fraction of sp³-hybridized carbons (Fsp3) is 0.909. The first kappa shape index (κ1) is 15.1. The van der Waals surface area contributed by atoms with Crippen molar-refractivity contribution in [2.24, 2.45) is 11.7 Å². The molecule has 0 radical (unpaired) electrons. The topological polar surface area (TPSA) is 55.6 Å². The van der Waals surface area contributed by atoms with Crippen LogP contribution in [0.25, 0.3) is 0 Å². The Bertz CT molecular complexity index is 312. The van der Waals surface area contributed by atoms with E-state index in [2.05, 4.69) is 0 Å². The van der Waals surface area contributed by atoms with Crippen molar-refractivity contribution in [3.8, 4) is 0 Å². The molecule has 106 valence electrons. The molecule has 18 heavy (non-hydrogen) atoms. The second-order valence-electron chi connectivity index (χ2n) is 5.50. The molecule has 0 aromatic heterocycles. The van der Waals surface area contributed by atoms with E-state index < -0.39 is 29.8 Å². The van der Waals surface area contributed by atoms with Gasteiger partial charge < -0.3 is 15.4 Å². The van der Waals surface area contributed by atoms with Gasteiger partial charge in [0.05, 0.1) is 5.92 Å². The van der Waals surface area contributed by atoms with Crippen LogP contribution in [0.4, 0.5) is 18.0 Å². The van der Waals surface area contributed by atoms with Gasteiger partial charge >= 0.3 is 12.3 Å². The lowest BCUT2D eigenvalue weighted by molar-refractivity contribution is -0.170. The zero-order chi connectivity index (χ0) is 14.1. The Hall–Kier alpha value is -0.980. The molecule has 2 atom stereocenters. The minimum absolute atomic E-state index is 0.00578. The summed E-state index contributed by atoms with van der Waals surface area (Å²) in [6.07, 6.45) is -5.19. The molecule has 1 saturated heterocycles. The van der Waals surface area contributed by atoms with E-state index in [4.69, 9.17) is 10.5 Å². The van der Waals surface area contributed by atoms with E-state index in [1.54, 1.807) is 20.8 Å². The lowest BCUT2D eigenvalue weighted by atomic mass is 10.1. The molecule has 1 rings (SSSR count). The summed E-state index contributed by atoms with van der Waals surface area (Å²) in [4.78, 5) is 12.9.